The van der Waals surface area contributed by atoms with Crippen LogP contribution in [0, 0.1) is 6.92 Å². The van der Waals surface area contributed by atoms with Crippen LogP contribution in [0.1, 0.15) is 47.3 Å². The van der Waals surface area contributed by atoms with Gasteiger partial charge < -0.3 is 13.8 Å². The fourth-order valence-electron chi connectivity index (χ4n) is 4.80. The third-order valence-corrected chi connectivity index (χ3v) is 6.80. The molecule has 168 valence electrons. The maximum atomic E-state index is 14.1. The number of rotatable bonds is 4. The van der Waals surface area contributed by atoms with Gasteiger partial charge in [-0.3, -0.25) is 9.59 Å². The molecule has 4 aromatic rings. The number of hydrogen-bond donors (Lipinski definition) is 0. The summed E-state index contributed by atoms with van der Waals surface area (Å²) in [4.78, 5) is 33.5. The lowest BCUT2D eigenvalue weighted by atomic mass is 9.74. The average molecular weight is 464 g/mol. The van der Waals surface area contributed by atoms with Gasteiger partial charge in [0.1, 0.15) is 11.2 Å². The van der Waals surface area contributed by atoms with Crippen molar-refractivity contribution in [2.24, 2.45) is 0 Å². The maximum Gasteiger partial charge on any atom is 0.259 e. The number of fused-ring (bicyclic) bond motifs is 1. The van der Waals surface area contributed by atoms with Crippen molar-refractivity contribution < 1.29 is 18.5 Å². The summed E-state index contributed by atoms with van der Waals surface area (Å²) in [5.41, 5.74) is 1.06. The van der Waals surface area contributed by atoms with Crippen LogP contribution >= 0.6 is 11.6 Å². The minimum Gasteiger partial charge on any atom is -0.463 e. The Balaban J connectivity index is 1.69. The standard InChI is InChI=1S/C25H22ClN3O4/c1-15-22-16(14-19(20-10-7-13-32-20)27-23(22)33-28-15)24(31)29(2)25(12-6-5-11-21(25)30)17-8-3-4-9-18(17)26/h3-4,7-10,13-14H,5-6,11-12H2,1-2H3. The number of carbonyl (C=O) groups excluding carboxylic acids is 2. The van der Waals surface area contributed by atoms with Gasteiger partial charge in [-0.05, 0) is 50.5 Å². The number of nitrogens with zero attached hydrogens (tertiary/aromatic N) is 3. The lowest BCUT2D eigenvalue weighted by Gasteiger charge is -2.44. The van der Waals surface area contributed by atoms with E-state index in [0.29, 0.717) is 51.5 Å². The Hall–Kier alpha value is -3.45. The molecule has 1 atom stereocenters. The molecule has 1 saturated carbocycles. The summed E-state index contributed by atoms with van der Waals surface area (Å²) in [6.45, 7) is 1.76. The Kier molecular flexibility index (Phi) is 5.29. The van der Waals surface area contributed by atoms with Crippen molar-refractivity contribution in [3.8, 4) is 11.5 Å². The van der Waals surface area contributed by atoms with Crippen LogP contribution in [0.25, 0.3) is 22.6 Å². The van der Waals surface area contributed by atoms with Crippen LogP contribution in [0.3, 0.4) is 0 Å². The first-order chi connectivity index (χ1) is 15.9. The van der Waals surface area contributed by atoms with Crippen molar-refractivity contribution in [2.45, 2.75) is 38.1 Å². The highest BCUT2D eigenvalue weighted by Gasteiger charge is 2.48. The number of carbonyl (C=O) groups is 2. The summed E-state index contributed by atoms with van der Waals surface area (Å²) < 4.78 is 10.9. The number of aryl methyl sites for hydroxylation is 1. The topological polar surface area (TPSA) is 89.4 Å². The molecule has 0 saturated heterocycles. The molecule has 1 aliphatic rings. The predicted octanol–water partition coefficient (Wildman–Crippen LogP) is 5.56. The molecule has 0 spiro atoms. The van der Waals surface area contributed by atoms with Crippen LogP contribution in [0.5, 0.6) is 0 Å². The van der Waals surface area contributed by atoms with Gasteiger partial charge in [-0.15, -0.1) is 0 Å². The van der Waals surface area contributed by atoms with Gasteiger partial charge in [0.15, 0.2) is 11.5 Å². The second-order valence-corrected chi connectivity index (χ2v) is 8.72. The number of pyridine rings is 1. The number of Topliss-reactive ketones (excluding diaryl/α,β-unsaturated/α-hetero) is 1. The van der Waals surface area contributed by atoms with Crippen molar-refractivity contribution in [1.82, 2.24) is 15.0 Å². The van der Waals surface area contributed by atoms with Crippen LogP contribution in [-0.4, -0.2) is 33.8 Å². The van der Waals surface area contributed by atoms with Gasteiger partial charge in [0, 0.05) is 24.1 Å². The molecule has 1 aliphatic carbocycles. The van der Waals surface area contributed by atoms with Gasteiger partial charge >= 0.3 is 0 Å². The van der Waals surface area contributed by atoms with Gasteiger partial charge in [-0.2, -0.15) is 0 Å². The molecule has 0 radical (unpaired) electrons. The van der Waals surface area contributed by atoms with E-state index in [2.05, 4.69) is 10.1 Å². The van der Waals surface area contributed by atoms with Crippen LogP contribution in [-0.2, 0) is 10.3 Å². The number of benzene rings is 1. The van der Waals surface area contributed by atoms with E-state index in [-0.39, 0.29) is 17.4 Å². The number of aromatic nitrogens is 2. The highest BCUT2D eigenvalue weighted by atomic mass is 35.5. The van der Waals surface area contributed by atoms with E-state index in [9.17, 15) is 9.59 Å². The largest absolute Gasteiger partial charge is 0.463 e. The Morgan fingerprint density at radius 2 is 2.00 bits per heavy atom. The zero-order valence-corrected chi connectivity index (χ0v) is 19.1. The molecule has 3 aromatic heterocycles. The van der Waals surface area contributed by atoms with E-state index in [4.69, 9.17) is 20.5 Å². The highest BCUT2D eigenvalue weighted by Crippen LogP contribution is 2.43. The number of likely N-dealkylation sites (N-methyl/N-ethyl adjacent to an activating group) is 1. The minimum absolute atomic E-state index is 0.0173. The molecule has 7 nitrogen and oxygen atoms in total. The molecule has 1 fully saturated rings. The first-order valence-corrected chi connectivity index (χ1v) is 11.2. The smallest absolute Gasteiger partial charge is 0.259 e. The molecule has 1 aromatic carbocycles. The summed E-state index contributed by atoms with van der Waals surface area (Å²) in [7, 11) is 1.66. The molecule has 33 heavy (non-hydrogen) atoms. The number of hydrogen-bond acceptors (Lipinski definition) is 6. The molecule has 0 bridgehead atoms. The Bertz CT molecular complexity index is 1360. The van der Waals surface area contributed by atoms with Crippen molar-refractivity contribution in [3.05, 3.63) is 70.6 Å². The zero-order chi connectivity index (χ0) is 23.2. The van der Waals surface area contributed by atoms with Gasteiger partial charge in [0.2, 0.25) is 0 Å². The van der Waals surface area contributed by atoms with Crippen molar-refractivity contribution >= 4 is 34.4 Å². The molecule has 3 heterocycles. The third-order valence-electron chi connectivity index (χ3n) is 6.47. The quantitative estimate of drug-likeness (QED) is 0.394. The molecule has 8 heteroatoms. The van der Waals surface area contributed by atoms with Gasteiger partial charge in [-0.1, -0.05) is 35.0 Å². The van der Waals surface area contributed by atoms with E-state index in [1.54, 1.807) is 38.2 Å². The fraction of sp³-hybridized carbons (Fsp3) is 0.280. The lowest BCUT2D eigenvalue weighted by Crippen LogP contribution is -2.54. The highest BCUT2D eigenvalue weighted by molar-refractivity contribution is 6.32. The van der Waals surface area contributed by atoms with Crippen LogP contribution in [0.15, 0.2) is 57.7 Å². The summed E-state index contributed by atoms with van der Waals surface area (Å²) >= 11 is 6.57. The van der Waals surface area contributed by atoms with Crippen molar-refractivity contribution in [1.29, 1.82) is 0 Å². The second-order valence-electron chi connectivity index (χ2n) is 8.32. The number of furan rings is 1. The Morgan fingerprint density at radius 3 is 2.73 bits per heavy atom. The molecule has 1 amide bonds. The lowest BCUT2D eigenvalue weighted by molar-refractivity contribution is -0.132. The van der Waals surface area contributed by atoms with E-state index >= 15 is 0 Å². The van der Waals surface area contributed by atoms with Gasteiger partial charge in [0.25, 0.3) is 11.6 Å². The fourth-order valence-corrected chi connectivity index (χ4v) is 5.09. The number of ketones is 1. The summed E-state index contributed by atoms with van der Waals surface area (Å²) in [6.07, 6.45) is 4.02. The van der Waals surface area contributed by atoms with Crippen LogP contribution in [0.2, 0.25) is 5.02 Å². The van der Waals surface area contributed by atoms with Crippen molar-refractivity contribution in [2.75, 3.05) is 7.05 Å². The zero-order valence-electron chi connectivity index (χ0n) is 18.3. The van der Waals surface area contributed by atoms with Crippen molar-refractivity contribution in [3.63, 3.8) is 0 Å². The minimum atomic E-state index is -1.15. The second kappa shape index (κ2) is 8.15. The number of halogens is 1. The average Bonchev–Trinajstić information content (AvgIpc) is 3.49. The number of amides is 1. The normalized spacial score (nSPS) is 18.6. The summed E-state index contributed by atoms with van der Waals surface area (Å²) in [6, 6.07) is 12.4. The molecule has 0 aliphatic heterocycles. The third kappa shape index (κ3) is 3.35. The SMILES string of the molecule is Cc1noc2nc(-c3ccco3)cc(C(=O)N(C)C3(c4ccccc4Cl)CCCCC3=O)c12. The molecule has 0 N–H and O–H groups in total. The van der Waals surface area contributed by atoms with Crippen LogP contribution in [0.4, 0.5) is 0 Å². The van der Waals surface area contributed by atoms with E-state index in [1.165, 1.54) is 11.2 Å². The first kappa shape index (κ1) is 21.4. The molecule has 5 rings (SSSR count). The Labute approximate surface area is 195 Å². The van der Waals surface area contributed by atoms with Gasteiger partial charge in [-0.25, -0.2) is 4.98 Å². The molecular formula is C25H22ClN3O4. The predicted molar refractivity (Wildman–Crippen MR) is 123 cm³/mol. The van der Waals surface area contributed by atoms with E-state index in [1.807, 2.05) is 18.2 Å². The molecule has 1 unspecified atom stereocenters. The summed E-state index contributed by atoms with van der Waals surface area (Å²) in [5, 5.41) is 4.99. The maximum absolute atomic E-state index is 14.1. The monoisotopic (exact) mass is 463 g/mol. The molecular weight excluding hydrogens is 442 g/mol. The van der Waals surface area contributed by atoms with Crippen LogP contribution < -0.4 is 0 Å². The van der Waals surface area contributed by atoms with E-state index in [0.717, 1.165) is 12.8 Å². The Morgan fingerprint density at radius 1 is 1.18 bits per heavy atom. The first-order valence-electron chi connectivity index (χ1n) is 10.8. The van der Waals surface area contributed by atoms with Gasteiger partial charge in [0.05, 0.1) is 22.9 Å². The summed E-state index contributed by atoms with van der Waals surface area (Å²) in [5.74, 6) is 0.144. The van der Waals surface area contributed by atoms with E-state index < -0.39 is 5.54 Å².